The van der Waals surface area contributed by atoms with Gasteiger partial charge in [0.25, 0.3) is 0 Å². The highest BCUT2D eigenvalue weighted by Gasteiger charge is 2.16. The number of nitrogens with zero attached hydrogens (tertiary/aromatic N) is 1. The van der Waals surface area contributed by atoms with Crippen LogP contribution < -0.4 is 10.1 Å². The molecule has 0 aliphatic carbocycles. The number of sulfone groups is 1. The predicted octanol–water partition coefficient (Wildman–Crippen LogP) is 2.99. The lowest BCUT2D eigenvalue weighted by Gasteiger charge is -2.21. The molecule has 26 heavy (non-hydrogen) atoms. The van der Waals surface area contributed by atoms with E-state index in [2.05, 4.69) is 5.32 Å². The van der Waals surface area contributed by atoms with E-state index in [4.69, 9.17) is 4.74 Å². The number of hydrogen-bond donors (Lipinski definition) is 1. The first-order valence-corrected chi connectivity index (χ1v) is 10.4. The minimum atomic E-state index is -3.09. The zero-order valence-corrected chi connectivity index (χ0v) is 16.5. The van der Waals surface area contributed by atoms with Gasteiger partial charge in [-0.1, -0.05) is 25.1 Å². The number of urea groups is 1. The molecule has 1 N–H and O–H groups in total. The van der Waals surface area contributed by atoms with E-state index in [9.17, 15) is 13.2 Å². The fourth-order valence-electron chi connectivity index (χ4n) is 2.54. The number of amides is 2. The van der Waals surface area contributed by atoms with Gasteiger partial charge in [0.2, 0.25) is 0 Å². The molecule has 0 saturated carbocycles. The SMILES string of the molecule is CCS(=O)(=O)CCN(C)C(=O)NC(C)c1ccc2cc(OC)ccc2c1. The Morgan fingerprint density at radius 3 is 2.50 bits per heavy atom. The van der Waals surface area contributed by atoms with Crippen molar-refractivity contribution >= 4 is 26.6 Å². The van der Waals surface area contributed by atoms with E-state index < -0.39 is 9.84 Å². The third-order valence-electron chi connectivity index (χ3n) is 4.44. The standard InChI is InChI=1S/C19H26N2O4S/c1-5-26(23,24)11-10-21(3)19(22)20-14(2)15-6-7-17-13-18(25-4)9-8-16(17)12-15/h6-9,12-14H,5,10-11H2,1-4H3,(H,20,22). The summed E-state index contributed by atoms with van der Waals surface area (Å²) < 4.78 is 28.4. The summed E-state index contributed by atoms with van der Waals surface area (Å²) in [5, 5.41) is 5.03. The van der Waals surface area contributed by atoms with Crippen LogP contribution in [0.2, 0.25) is 0 Å². The van der Waals surface area contributed by atoms with E-state index in [1.165, 1.54) is 4.90 Å². The number of carbonyl (C=O) groups excluding carboxylic acids is 1. The number of nitrogens with one attached hydrogen (secondary N) is 1. The van der Waals surface area contributed by atoms with Crippen LogP contribution >= 0.6 is 0 Å². The second-order valence-corrected chi connectivity index (χ2v) is 8.77. The highest BCUT2D eigenvalue weighted by molar-refractivity contribution is 7.91. The van der Waals surface area contributed by atoms with E-state index in [0.717, 1.165) is 22.1 Å². The summed E-state index contributed by atoms with van der Waals surface area (Å²) in [6, 6.07) is 11.3. The molecule has 0 spiro atoms. The maximum Gasteiger partial charge on any atom is 0.317 e. The zero-order valence-electron chi connectivity index (χ0n) is 15.7. The van der Waals surface area contributed by atoms with Crippen LogP contribution in [0.25, 0.3) is 10.8 Å². The monoisotopic (exact) mass is 378 g/mol. The molecule has 0 bridgehead atoms. The molecule has 1 unspecified atom stereocenters. The number of carbonyl (C=O) groups is 1. The lowest BCUT2D eigenvalue weighted by Crippen LogP contribution is -2.40. The van der Waals surface area contributed by atoms with Crippen LogP contribution in [-0.4, -0.2) is 51.6 Å². The molecule has 2 aromatic carbocycles. The molecule has 142 valence electrons. The quantitative estimate of drug-likeness (QED) is 0.804. The molecule has 2 aromatic rings. The van der Waals surface area contributed by atoms with Crippen LogP contribution in [0.1, 0.15) is 25.5 Å². The Morgan fingerprint density at radius 1 is 1.19 bits per heavy atom. The van der Waals surface area contributed by atoms with Gasteiger partial charge in [0, 0.05) is 19.3 Å². The van der Waals surface area contributed by atoms with Crippen molar-refractivity contribution in [1.29, 1.82) is 0 Å². The van der Waals surface area contributed by atoms with Crippen molar-refractivity contribution in [3.63, 3.8) is 0 Å². The first-order chi connectivity index (χ1) is 12.3. The summed E-state index contributed by atoms with van der Waals surface area (Å²) in [7, 11) is 0.141. The van der Waals surface area contributed by atoms with Crippen molar-refractivity contribution in [1.82, 2.24) is 10.2 Å². The number of fused-ring (bicyclic) bond motifs is 1. The Kier molecular flexibility index (Phi) is 6.47. The Bertz CT molecular complexity index is 880. The van der Waals surface area contributed by atoms with Crippen LogP contribution in [0, 0.1) is 0 Å². The van der Waals surface area contributed by atoms with Gasteiger partial charge >= 0.3 is 6.03 Å². The Balaban J connectivity index is 2.03. The van der Waals surface area contributed by atoms with E-state index in [-0.39, 0.29) is 30.1 Å². The van der Waals surface area contributed by atoms with Crippen LogP contribution in [0.15, 0.2) is 36.4 Å². The first kappa shape index (κ1) is 20.0. The number of hydrogen-bond acceptors (Lipinski definition) is 4. The van der Waals surface area contributed by atoms with Crippen molar-refractivity contribution < 1.29 is 17.9 Å². The summed E-state index contributed by atoms with van der Waals surface area (Å²) in [5.41, 5.74) is 0.977. The van der Waals surface area contributed by atoms with Crippen molar-refractivity contribution in [2.24, 2.45) is 0 Å². The number of methoxy groups -OCH3 is 1. The number of ether oxygens (including phenoxy) is 1. The highest BCUT2D eigenvalue weighted by Crippen LogP contribution is 2.24. The van der Waals surface area contributed by atoms with Crippen LogP contribution in [0.3, 0.4) is 0 Å². The van der Waals surface area contributed by atoms with E-state index in [0.29, 0.717) is 0 Å². The smallest absolute Gasteiger partial charge is 0.317 e. The molecule has 0 aliphatic heterocycles. The summed E-state index contributed by atoms with van der Waals surface area (Å²) in [5.74, 6) is 0.857. The second-order valence-electron chi connectivity index (χ2n) is 6.30. The average molecular weight is 378 g/mol. The summed E-state index contributed by atoms with van der Waals surface area (Å²) in [6.45, 7) is 3.68. The van der Waals surface area contributed by atoms with Crippen molar-refractivity contribution in [3.8, 4) is 5.75 Å². The third-order valence-corrected chi connectivity index (χ3v) is 6.12. The topological polar surface area (TPSA) is 75.7 Å². The van der Waals surface area contributed by atoms with Crippen LogP contribution in [0.5, 0.6) is 5.75 Å². The molecule has 2 rings (SSSR count). The number of benzene rings is 2. The molecule has 2 amide bonds. The molecule has 0 aromatic heterocycles. The molecule has 0 radical (unpaired) electrons. The van der Waals surface area contributed by atoms with Gasteiger partial charge in [-0.3, -0.25) is 0 Å². The van der Waals surface area contributed by atoms with E-state index in [1.54, 1.807) is 21.1 Å². The first-order valence-electron chi connectivity index (χ1n) is 8.55. The molecular weight excluding hydrogens is 352 g/mol. The summed E-state index contributed by atoms with van der Waals surface area (Å²) in [6.07, 6.45) is 0. The molecule has 7 heteroatoms. The van der Waals surface area contributed by atoms with Gasteiger partial charge < -0.3 is 15.0 Å². The normalized spacial score (nSPS) is 12.6. The fraction of sp³-hybridized carbons (Fsp3) is 0.421. The van der Waals surface area contributed by atoms with Gasteiger partial charge in [0.15, 0.2) is 9.84 Å². The van der Waals surface area contributed by atoms with Gasteiger partial charge in [-0.05, 0) is 41.5 Å². The van der Waals surface area contributed by atoms with Crippen molar-refractivity contribution in [2.75, 3.05) is 32.2 Å². The summed E-state index contributed by atoms with van der Waals surface area (Å²) >= 11 is 0. The Morgan fingerprint density at radius 2 is 1.85 bits per heavy atom. The molecule has 0 saturated heterocycles. The lowest BCUT2D eigenvalue weighted by molar-refractivity contribution is 0.208. The zero-order chi connectivity index (χ0) is 19.3. The Hall–Kier alpha value is -2.28. The predicted molar refractivity (Wildman–Crippen MR) is 104 cm³/mol. The third kappa shape index (κ3) is 5.11. The molecule has 0 fully saturated rings. The van der Waals surface area contributed by atoms with Gasteiger partial charge in [-0.15, -0.1) is 0 Å². The molecule has 6 nitrogen and oxygen atoms in total. The second kappa shape index (κ2) is 8.40. The molecule has 1 atom stereocenters. The van der Waals surface area contributed by atoms with Gasteiger partial charge in [0.1, 0.15) is 5.75 Å². The molecular formula is C19H26N2O4S. The van der Waals surface area contributed by atoms with E-state index in [1.807, 2.05) is 43.3 Å². The Labute approximate surface area is 155 Å². The minimum Gasteiger partial charge on any atom is -0.497 e. The molecule has 0 heterocycles. The van der Waals surface area contributed by atoms with E-state index >= 15 is 0 Å². The average Bonchev–Trinajstić information content (AvgIpc) is 2.65. The van der Waals surface area contributed by atoms with Gasteiger partial charge in [0.05, 0.1) is 18.9 Å². The molecule has 0 aliphatic rings. The fourth-order valence-corrected chi connectivity index (χ4v) is 3.38. The van der Waals surface area contributed by atoms with Crippen molar-refractivity contribution in [2.45, 2.75) is 19.9 Å². The van der Waals surface area contributed by atoms with Gasteiger partial charge in [-0.2, -0.15) is 0 Å². The lowest BCUT2D eigenvalue weighted by atomic mass is 10.0. The minimum absolute atomic E-state index is 0.0282. The largest absolute Gasteiger partial charge is 0.497 e. The van der Waals surface area contributed by atoms with Crippen LogP contribution in [0.4, 0.5) is 4.79 Å². The highest BCUT2D eigenvalue weighted by atomic mass is 32.2. The summed E-state index contributed by atoms with van der Waals surface area (Å²) in [4.78, 5) is 13.7. The van der Waals surface area contributed by atoms with Crippen LogP contribution in [-0.2, 0) is 9.84 Å². The van der Waals surface area contributed by atoms with Crippen molar-refractivity contribution in [3.05, 3.63) is 42.0 Å². The van der Waals surface area contributed by atoms with Gasteiger partial charge in [-0.25, -0.2) is 13.2 Å². The maximum absolute atomic E-state index is 12.3. The number of rotatable bonds is 7. The maximum atomic E-state index is 12.3.